The molecule has 1 nitrogen and oxygen atoms in total. The summed E-state index contributed by atoms with van der Waals surface area (Å²) in [7, 11) is 0. The van der Waals surface area contributed by atoms with E-state index in [-0.39, 0.29) is 22.3 Å². The van der Waals surface area contributed by atoms with Crippen LogP contribution in [0.1, 0.15) is 37.3 Å². The van der Waals surface area contributed by atoms with Crippen LogP contribution in [-0.4, -0.2) is 0 Å². The van der Waals surface area contributed by atoms with Crippen molar-refractivity contribution < 1.29 is 17.6 Å². The SMILES string of the molecule is CCCCCc1ccc2c(F)c(-c3cc(F)c(-c4ccc(C#N)c(F)c4)c(F)c3)ccc2c1. The molecule has 0 saturated heterocycles. The summed E-state index contributed by atoms with van der Waals surface area (Å²) in [6, 6.07) is 15.9. The Morgan fingerprint density at radius 3 is 2.15 bits per heavy atom. The normalized spacial score (nSPS) is 11.0. The van der Waals surface area contributed by atoms with Gasteiger partial charge in [0.25, 0.3) is 0 Å². The molecule has 0 atom stereocenters. The van der Waals surface area contributed by atoms with Gasteiger partial charge in [0.2, 0.25) is 0 Å². The van der Waals surface area contributed by atoms with Crippen molar-refractivity contribution in [2.45, 2.75) is 32.6 Å². The Balaban J connectivity index is 1.72. The predicted octanol–water partition coefficient (Wildman–Crippen LogP) is 8.33. The maximum Gasteiger partial charge on any atom is 0.141 e. The molecule has 0 aliphatic carbocycles. The summed E-state index contributed by atoms with van der Waals surface area (Å²) in [5, 5.41) is 9.96. The fraction of sp³-hybridized carbons (Fsp3) is 0.179. The van der Waals surface area contributed by atoms with Gasteiger partial charge in [0, 0.05) is 10.9 Å². The first-order valence-corrected chi connectivity index (χ1v) is 10.8. The highest BCUT2D eigenvalue weighted by Crippen LogP contribution is 2.35. The predicted molar refractivity (Wildman–Crippen MR) is 123 cm³/mol. The lowest BCUT2D eigenvalue weighted by molar-refractivity contribution is 0.588. The molecule has 0 fully saturated rings. The molecule has 0 unspecified atom stereocenters. The molecule has 5 heteroatoms. The van der Waals surface area contributed by atoms with Gasteiger partial charge in [0.05, 0.1) is 11.1 Å². The van der Waals surface area contributed by atoms with Crippen LogP contribution in [0.3, 0.4) is 0 Å². The number of rotatable bonds is 6. The zero-order valence-electron chi connectivity index (χ0n) is 18.1. The van der Waals surface area contributed by atoms with Gasteiger partial charge >= 0.3 is 0 Å². The van der Waals surface area contributed by atoms with E-state index in [4.69, 9.17) is 5.26 Å². The van der Waals surface area contributed by atoms with Crippen molar-refractivity contribution in [3.63, 3.8) is 0 Å². The molecular formula is C28H21F4N. The van der Waals surface area contributed by atoms with E-state index in [9.17, 15) is 13.2 Å². The van der Waals surface area contributed by atoms with E-state index in [0.29, 0.717) is 5.39 Å². The minimum atomic E-state index is -0.945. The van der Waals surface area contributed by atoms with Crippen LogP contribution in [0.15, 0.2) is 60.7 Å². The Morgan fingerprint density at radius 1 is 0.758 bits per heavy atom. The summed E-state index contributed by atoms with van der Waals surface area (Å²) >= 11 is 0. The van der Waals surface area contributed by atoms with Gasteiger partial charge in [-0.2, -0.15) is 5.26 Å². The number of benzene rings is 4. The van der Waals surface area contributed by atoms with Gasteiger partial charge in [-0.3, -0.25) is 0 Å². The van der Waals surface area contributed by atoms with Crippen LogP contribution < -0.4 is 0 Å². The van der Waals surface area contributed by atoms with Crippen LogP contribution in [0.2, 0.25) is 0 Å². The number of nitriles is 1. The molecule has 0 aliphatic heterocycles. The molecule has 0 aromatic heterocycles. The molecule has 0 N–H and O–H groups in total. The lowest BCUT2D eigenvalue weighted by atomic mass is 9.95. The Bertz CT molecular complexity index is 1360. The van der Waals surface area contributed by atoms with Crippen molar-refractivity contribution in [3.05, 3.63) is 95.1 Å². The van der Waals surface area contributed by atoms with Crippen molar-refractivity contribution in [1.29, 1.82) is 5.26 Å². The minimum Gasteiger partial charge on any atom is -0.206 e. The van der Waals surface area contributed by atoms with Gasteiger partial charge < -0.3 is 0 Å². The quantitative estimate of drug-likeness (QED) is 0.215. The first-order valence-electron chi connectivity index (χ1n) is 10.8. The van der Waals surface area contributed by atoms with Gasteiger partial charge in [-0.25, -0.2) is 17.6 Å². The van der Waals surface area contributed by atoms with Crippen molar-refractivity contribution in [3.8, 4) is 28.3 Å². The van der Waals surface area contributed by atoms with E-state index in [1.807, 2.05) is 12.1 Å². The molecule has 0 bridgehead atoms. The highest BCUT2D eigenvalue weighted by atomic mass is 19.1. The van der Waals surface area contributed by atoms with Crippen LogP contribution in [0.4, 0.5) is 17.6 Å². The second kappa shape index (κ2) is 9.46. The number of hydrogen-bond donors (Lipinski definition) is 0. The number of unbranched alkanes of at least 4 members (excludes halogenated alkanes) is 2. The first-order chi connectivity index (χ1) is 15.9. The Morgan fingerprint density at radius 2 is 1.48 bits per heavy atom. The van der Waals surface area contributed by atoms with E-state index >= 15 is 4.39 Å². The molecule has 4 aromatic rings. The summed E-state index contributed by atoms with van der Waals surface area (Å²) < 4.78 is 59.0. The number of nitrogens with zero attached hydrogens (tertiary/aromatic N) is 1. The number of hydrogen-bond acceptors (Lipinski definition) is 1. The topological polar surface area (TPSA) is 23.8 Å². The average molecular weight is 447 g/mol. The number of fused-ring (bicyclic) bond motifs is 1. The summed E-state index contributed by atoms with van der Waals surface area (Å²) in [6.07, 6.45) is 4.24. The van der Waals surface area contributed by atoms with Crippen LogP contribution >= 0.6 is 0 Å². The third-order valence-electron chi connectivity index (χ3n) is 5.82. The van der Waals surface area contributed by atoms with E-state index in [0.717, 1.165) is 60.9 Å². The van der Waals surface area contributed by atoms with Crippen molar-refractivity contribution in [1.82, 2.24) is 0 Å². The Kier molecular flexibility index (Phi) is 6.46. The van der Waals surface area contributed by atoms with E-state index in [1.54, 1.807) is 18.2 Å². The van der Waals surface area contributed by atoms with Crippen LogP contribution in [0.5, 0.6) is 0 Å². The largest absolute Gasteiger partial charge is 0.206 e. The Labute approximate surface area is 189 Å². The zero-order chi connectivity index (χ0) is 23.5. The van der Waals surface area contributed by atoms with Gasteiger partial charge in [-0.1, -0.05) is 56.2 Å². The van der Waals surface area contributed by atoms with Crippen molar-refractivity contribution in [2.75, 3.05) is 0 Å². The summed E-state index contributed by atoms with van der Waals surface area (Å²) in [6.45, 7) is 2.14. The molecule has 0 amide bonds. The second-order valence-corrected chi connectivity index (χ2v) is 8.06. The maximum absolute atomic E-state index is 15.3. The number of halogens is 4. The molecule has 33 heavy (non-hydrogen) atoms. The molecule has 0 heterocycles. The lowest BCUT2D eigenvalue weighted by Crippen LogP contribution is -1.96. The third kappa shape index (κ3) is 4.47. The third-order valence-corrected chi connectivity index (χ3v) is 5.82. The molecule has 0 saturated carbocycles. The fourth-order valence-electron chi connectivity index (χ4n) is 4.06. The van der Waals surface area contributed by atoms with Crippen LogP contribution in [0, 0.1) is 34.6 Å². The van der Waals surface area contributed by atoms with Crippen LogP contribution in [-0.2, 0) is 6.42 Å². The minimum absolute atomic E-state index is 0.0392. The molecule has 4 aromatic carbocycles. The Hall–Kier alpha value is -3.65. The second-order valence-electron chi connectivity index (χ2n) is 8.06. The van der Waals surface area contributed by atoms with Gasteiger partial charge in [0.1, 0.15) is 29.3 Å². The standard InChI is InChI=1S/C28H21F4N/c1-2-3-4-5-17-6-10-22-18(12-17)9-11-23(28(22)32)21-14-25(30)27(26(31)15-21)19-7-8-20(16-33)24(29)13-19/h6-15H,2-5H2,1H3. The zero-order valence-corrected chi connectivity index (χ0v) is 18.1. The highest BCUT2D eigenvalue weighted by molar-refractivity contribution is 5.89. The van der Waals surface area contributed by atoms with E-state index < -0.39 is 28.8 Å². The smallest absolute Gasteiger partial charge is 0.141 e. The van der Waals surface area contributed by atoms with Gasteiger partial charge in [0.15, 0.2) is 0 Å². The molecule has 0 aliphatic rings. The average Bonchev–Trinajstić information content (AvgIpc) is 2.79. The van der Waals surface area contributed by atoms with Crippen molar-refractivity contribution in [2.24, 2.45) is 0 Å². The number of aryl methyl sites for hydroxylation is 1. The summed E-state index contributed by atoms with van der Waals surface area (Å²) in [5.41, 5.74) is 0.565. The van der Waals surface area contributed by atoms with Gasteiger partial charge in [-0.05, 0) is 59.2 Å². The lowest BCUT2D eigenvalue weighted by Gasteiger charge is -2.12. The van der Waals surface area contributed by atoms with E-state index in [2.05, 4.69) is 6.92 Å². The summed E-state index contributed by atoms with van der Waals surface area (Å²) in [4.78, 5) is 0. The van der Waals surface area contributed by atoms with E-state index in [1.165, 1.54) is 12.1 Å². The first kappa shape index (κ1) is 22.5. The van der Waals surface area contributed by atoms with Gasteiger partial charge in [-0.15, -0.1) is 0 Å². The molecule has 166 valence electrons. The molecule has 4 rings (SSSR count). The molecular weight excluding hydrogens is 426 g/mol. The molecule has 0 spiro atoms. The van der Waals surface area contributed by atoms with Crippen LogP contribution in [0.25, 0.3) is 33.0 Å². The highest BCUT2D eigenvalue weighted by Gasteiger charge is 2.18. The summed E-state index contributed by atoms with van der Waals surface area (Å²) in [5.74, 6) is -3.31. The maximum atomic E-state index is 15.3. The van der Waals surface area contributed by atoms with Crippen molar-refractivity contribution >= 4 is 10.8 Å². The molecule has 0 radical (unpaired) electrons. The monoisotopic (exact) mass is 447 g/mol. The fourth-order valence-corrected chi connectivity index (χ4v) is 4.06.